The molecule has 0 amide bonds. The maximum atomic E-state index is 13.3. The number of likely N-dealkylation sites (N-methyl/N-ethyl adjacent to an activating group) is 1. The van der Waals surface area contributed by atoms with Crippen LogP contribution in [0.2, 0.25) is 5.02 Å². The van der Waals surface area contributed by atoms with Crippen LogP contribution in [0.1, 0.15) is 30.4 Å². The lowest BCUT2D eigenvalue weighted by molar-refractivity contribution is -0.384. The van der Waals surface area contributed by atoms with Gasteiger partial charge in [-0.15, -0.1) is 0 Å². The van der Waals surface area contributed by atoms with Gasteiger partial charge in [-0.2, -0.15) is 0 Å². The van der Waals surface area contributed by atoms with Crippen molar-refractivity contribution in [3.63, 3.8) is 0 Å². The topological polar surface area (TPSA) is 72.2 Å². The van der Waals surface area contributed by atoms with Crippen LogP contribution in [0.15, 0.2) is 54.1 Å². The van der Waals surface area contributed by atoms with Crippen molar-refractivity contribution in [1.82, 2.24) is 5.32 Å². The molecule has 0 heterocycles. The number of non-ortho nitro benzene ring substituents is 1. The second-order valence-corrected chi connectivity index (χ2v) is 6.74. The first-order chi connectivity index (χ1) is 12.5. The number of nitrogens with zero attached hydrogens (tertiary/aromatic N) is 1. The van der Waals surface area contributed by atoms with E-state index in [9.17, 15) is 14.9 Å². The monoisotopic (exact) mass is 370 g/mol. The van der Waals surface area contributed by atoms with Crippen molar-refractivity contribution in [3.8, 4) is 0 Å². The molecule has 0 aromatic heterocycles. The van der Waals surface area contributed by atoms with E-state index in [-0.39, 0.29) is 11.5 Å². The number of carbonyl (C=O) groups is 1. The fraction of sp³-hybridized carbons (Fsp3) is 0.250. The summed E-state index contributed by atoms with van der Waals surface area (Å²) in [5, 5.41) is 14.5. The third-order valence-electron chi connectivity index (χ3n) is 4.88. The Morgan fingerprint density at radius 1 is 1.19 bits per heavy atom. The quantitative estimate of drug-likeness (QED) is 0.488. The Bertz CT molecular complexity index is 877. The lowest BCUT2D eigenvalue weighted by atomic mass is 9.73. The number of carbonyl (C=O) groups excluding carboxylic acids is 1. The largest absolute Gasteiger partial charge is 0.304 e. The Labute approximate surface area is 156 Å². The summed E-state index contributed by atoms with van der Waals surface area (Å²) in [7, 11) is 1.77. The summed E-state index contributed by atoms with van der Waals surface area (Å²) in [5.41, 5.74) is 1.43. The van der Waals surface area contributed by atoms with Crippen LogP contribution in [-0.4, -0.2) is 17.8 Å². The van der Waals surface area contributed by atoms with Gasteiger partial charge in [-0.1, -0.05) is 29.8 Å². The number of rotatable bonds is 4. The van der Waals surface area contributed by atoms with Crippen LogP contribution < -0.4 is 5.32 Å². The van der Waals surface area contributed by atoms with E-state index in [1.807, 2.05) is 24.3 Å². The fourth-order valence-corrected chi connectivity index (χ4v) is 3.81. The molecule has 0 saturated heterocycles. The third kappa shape index (κ3) is 3.28. The first-order valence-electron chi connectivity index (χ1n) is 8.42. The number of nitrogens with one attached hydrogen (secondary N) is 1. The predicted octanol–water partition coefficient (Wildman–Crippen LogP) is 4.50. The molecule has 5 nitrogen and oxygen atoms in total. The summed E-state index contributed by atoms with van der Waals surface area (Å²) in [6.45, 7) is 0. The summed E-state index contributed by atoms with van der Waals surface area (Å²) in [4.78, 5) is 23.7. The van der Waals surface area contributed by atoms with E-state index in [0.717, 1.165) is 17.5 Å². The lowest BCUT2D eigenvalue weighted by Gasteiger charge is -2.37. The highest BCUT2D eigenvalue weighted by Gasteiger charge is 2.43. The Balaban J connectivity index is 1.98. The minimum atomic E-state index is -0.844. The van der Waals surface area contributed by atoms with E-state index < -0.39 is 10.5 Å². The predicted molar refractivity (Wildman–Crippen MR) is 102 cm³/mol. The van der Waals surface area contributed by atoms with Crippen molar-refractivity contribution in [1.29, 1.82) is 0 Å². The van der Waals surface area contributed by atoms with Crippen molar-refractivity contribution in [3.05, 3.63) is 80.4 Å². The summed E-state index contributed by atoms with van der Waals surface area (Å²) in [6.07, 6.45) is 4.00. The van der Waals surface area contributed by atoms with E-state index in [2.05, 4.69) is 5.32 Å². The van der Waals surface area contributed by atoms with Gasteiger partial charge in [0.25, 0.3) is 5.69 Å². The maximum absolute atomic E-state index is 13.3. The molecule has 1 aliphatic rings. The lowest BCUT2D eigenvalue weighted by Crippen LogP contribution is -2.50. The van der Waals surface area contributed by atoms with Crippen molar-refractivity contribution in [2.45, 2.75) is 24.8 Å². The summed E-state index contributed by atoms with van der Waals surface area (Å²) in [5.74, 6) is -0.00213. The van der Waals surface area contributed by atoms with Crippen molar-refractivity contribution < 1.29 is 9.72 Å². The number of hydrogen-bond acceptors (Lipinski definition) is 4. The van der Waals surface area contributed by atoms with Crippen LogP contribution in [0.4, 0.5) is 5.69 Å². The molecule has 2 aromatic rings. The number of nitro groups is 1. The van der Waals surface area contributed by atoms with Gasteiger partial charge in [0.2, 0.25) is 0 Å². The van der Waals surface area contributed by atoms with Crippen LogP contribution in [0, 0.1) is 10.1 Å². The molecule has 26 heavy (non-hydrogen) atoms. The van der Waals surface area contributed by atoms with Gasteiger partial charge in [0.15, 0.2) is 5.78 Å². The van der Waals surface area contributed by atoms with Crippen molar-refractivity contribution >= 4 is 29.1 Å². The first kappa shape index (κ1) is 18.3. The van der Waals surface area contributed by atoms with Crippen LogP contribution in [0.3, 0.4) is 0 Å². The molecule has 6 heteroatoms. The summed E-state index contributed by atoms with van der Waals surface area (Å²) < 4.78 is 0. The Kier molecular flexibility index (Phi) is 5.20. The van der Waals surface area contributed by atoms with E-state index in [4.69, 9.17) is 11.6 Å². The van der Waals surface area contributed by atoms with Gasteiger partial charge in [0, 0.05) is 17.2 Å². The fourth-order valence-electron chi connectivity index (χ4n) is 3.51. The molecule has 1 saturated carbocycles. The van der Waals surface area contributed by atoms with Gasteiger partial charge < -0.3 is 5.32 Å². The van der Waals surface area contributed by atoms with Crippen LogP contribution in [0.5, 0.6) is 0 Å². The van der Waals surface area contributed by atoms with Crippen LogP contribution >= 0.6 is 11.6 Å². The van der Waals surface area contributed by atoms with Gasteiger partial charge in [0.05, 0.1) is 4.92 Å². The minimum Gasteiger partial charge on any atom is -0.304 e. The number of Topliss-reactive ketones (excluding diaryl/α,β-unsaturated/α-hetero) is 1. The average Bonchev–Trinajstić information content (AvgIpc) is 2.65. The second kappa shape index (κ2) is 7.40. The molecular weight excluding hydrogens is 352 g/mol. The van der Waals surface area contributed by atoms with E-state index in [1.54, 1.807) is 25.2 Å². The van der Waals surface area contributed by atoms with Gasteiger partial charge >= 0.3 is 0 Å². The minimum absolute atomic E-state index is 0.00213. The standard InChI is InChI=1S/C20H19ClN2O3/c1-22-20(17-6-2-3-7-18(17)21)12-4-5-15(19(20)24)13-14-8-10-16(11-9-14)23(25)26/h2-3,6-11,13,22H,4-5,12H2,1H3/b15-13+. The van der Waals surface area contributed by atoms with E-state index in [0.29, 0.717) is 23.4 Å². The molecule has 134 valence electrons. The molecule has 0 spiro atoms. The number of benzene rings is 2. The highest BCUT2D eigenvalue weighted by molar-refractivity contribution is 6.32. The van der Waals surface area contributed by atoms with E-state index >= 15 is 0 Å². The Morgan fingerprint density at radius 2 is 1.88 bits per heavy atom. The number of halogens is 1. The molecule has 0 bridgehead atoms. The third-order valence-corrected chi connectivity index (χ3v) is 5.21. The first-order valence-corrected chi connectivity index (χ1v) is 8.79. The molecule has 3 rings (SSSR count). The van der Waals surface area contributed by atoms with Gasteiger partial charge in [0.1, 0.15) is 5.54 Å². The second-order valence-electron chi connectivity index (χ2n) is 6.34. The average molecular weight is 371 g/mol. The summed E-state index contributed by atoms with van der Waals surface area (Å²) in [6, 6.07) is 13.6. The van der Waals surface area contributed by atoms with E-state index in [1.165, 1.54) is 12.1 Å². The zero-order chi connectivity index (χ0) is 18.7. The van der Waals surface area contributed by atoms with Crippen LogP contribution in [-0.2, 0) is 10.3 Å². The Morgan fingerprint density at radius 3 is 2.50 bits per heavy atom. The van der Waals surface area contributed by atoms with Gasteiger partial charge in [-0.25, -0.2) is 0 Å². The SMILES string of the molecule is CNC1(c2ccccc2Cl)CCC/C(=C\c2ccc([N+](=O)[O-])cc2)C1=O. The van der Waals surface area contributed by atoms with Crippen molar-refractivity contribution in [2.24, 2.45) is 0 Å². The van der Waals surface area contributed by atoms with Gasteiger partial charge in [-0.3, -0.25) is 14.9 Å². The van der Waals surface area contributed by atoms with Crippen molar-refractivity contribution in [2.75, 3.05) is 7.05 Å². The molecule has 0 radical (unpaired) electrons. The summed E-state index contributed by atoms with van der Waals surface area (Å²) >= 11 is 6.37. The molecule has 1 N–H and O–H groups in total. The molecule has 1 aliphatic carbocycles. The molecule has 0 aliphatic heterocycles. The van der Waals surface area contributed by atoms with Crippen LogP contribution in [0.25, 0.3) is 6.08 Å². The smallest absolute Gasteiger partial charge is 0.269 e. The molecule has 1 unspecified atom stereocenters. The highest BCUT2D eigenvalue weighted by Crippen LogP contribution is 2.40. The van der Waals surface area contributed by atoms with Gasteiger partial charge in [-0.05, 0) is 67.3 Å². The molecule has 2 aromatic carbocycles. The number of hydrogen-bond donors (Lipinski definition) is 1. The molecule has 1 fully saturated rings. The maximum Gasteiger partial charge on any atom is 0.269 e. The highest BCUT2D eigenvalue weighted by atomic mass is 35.5. The number of nitro benzene ring substituents is 1. The zero-order valence-corrected chi connectivity index (χ0v) is 15.1. The molecule has 1 atom stereocenters. The number of ketones is 1. The zero-order valence-electron chi connectivity index (χ0n) is 14.4. The Hall–Kier alpha value is -2.50. The normalized spacial score (nSPS) is 21.8. The molecular formula is C20H19ClN2O3.